The molecule has 0 fully saturated rings. The third kappa shape index (κ3) is 3.71. The number of pyridine rings is 1. The Morgan fingerprint density at radius 2 is 1.78 bits per heavy atom. The zero-order valence-corrected chi connectivity index (χ0v) is 13.6. The van der Waals surface area contributed by atoms with E-state index in [1.165, 1.54) is 21.3 Å². The van der Waals surface area contributed by atoms with Gasteiger partial charge in [-0.1, -0.05) is 6.07 Å². The molecule has 1 unspecified atom stereocenters. The number of ether oxygens (including phenoxy) is 3. The highest BCUT2D eigenvalue weighted by Crippen LogP contribution is 2.38. The lowest BCUT2D eigenvalue weighted by molar-refractivity contribution is 0.0939. The van der Waals surface area contributed by atoms with Gasteiger partial charge >= 0.3 is 0 Å². The minimum absolute atomic E-state index is 0.171. The number of nitrogens with one attached hydrogen (secondary N) is 1. The highest BCUT2D eigenvalue weighted by Gasteiger charge is 2.18. The van der Waals surface area contributed by atoms with Gasteiger partial charge in [-0.05, 0) is 30.7 Å². The van der Waals surface area contributed by atoms with Gasteiger partial charge in [0.05, 0.1) is 27.4 Å². The largest absolute Gasteiger partial charge is 0.493 e. The number of methoxy groups -OCH3 is 3. The summed E-state index contributed by atoms with van der Waals surface area (Å²) >= 11 is 0. The number of amides is 1. The maximum Gasteiger partial charge on any atom is 0.252 e. The summed E-state index contributed by atoms with van der Waals surface area (Å²) in [5.74, 6) is 1.09. The first-order chi connectivity index (χ1) is 11.1. The summed E-state index contributed by atoms with van der Waals surface area (Å²) in [6.45, 7) is 1.90. The zero-order chi connectivity index (χ0) is 16.8. The zero-order valence-electron chi connectivity index (χ0n) is 13.6. The summed E-state index contributed by atoms with van der Waals surface area (Å²) in [4.78, 5) is 16.5. The number of nitrogens with zero attached hydrogens (tertiary/aromatic N) is 1. The SMILES string of the molecule is COc1cc(C(=O)NC(C)c2cccnc2)cc(OC)c1OC. The quantitative estimate of drug-likeness (QED) is 0.887. The maximum atomic E-state index is 12.5. The summed E-state index contributed by atoms with van der Waals surface area (Å²) in [6, 6.07) is 6.81. The Kier molecular flexibility index (Phi) is 5.41. The highest BCUT2D eigenvalue weighted by molar-refractivity contribution is 5.95. The fraction of sp³-hybridized carbons (Fsp3) is 0.294. The van der Waals surface area contributed by atoms with Crippen LogP contribution in [0.4, 0.5) is 0 Å². The van der Waals surface area contributed by atoms with Crippen LogP contribution in [0.1, 0.15) is 28.9 Å². The van der Waals surface area contributed by atoms with Crippen LogP contribution in [0.3, 0.4) is 0 Å². The third-order valence-corrected chi connectivity index (χ3v) is 3.46. The first kappa shape index (κ1) is 16.6. The van der Waals surface area contributed by atoms with Crippen LogP contribution in [0.25, 0.3) is 0 Å². The third-order valence-electron chi connectivity index (χ3n) is 3.46. The Labute approximate surface area is 135 Å². The Hall–Kier alpha value is -2.76. The van der Waals surface area contributed by atoms with Crippen molar-refractivity contribution in [1.82, 2.24) is 10.3 Å². The van der Waals surface area contributed by atoms with Crippen molar-refractivity contribution in [2.75, 3.05) is 21.3 Å². The first-order valence-electron chi connectivity index (χ1n) is 7.11. The normalized spacial score (nSPS) is 11.5. The Balaban J connectivity index is 2.25. The van der Waals surface area contributed by atoms with E-state index in [1.54, 1.807) is 24.5 Å². The van der Waals surface area contributed by atoms with Gasteiger partial charge in [0.15, 0.2) is 11.5 Å². The van der Waals surface area contributed by atoms with E-state index in [1.807, 2.05) is 19.1 Å². The summed E-state index contributed by atoms with van der Waals surface area (Å²) in [5.41, 5.74) is 1.35. The van der Waals surface area contributed by atoms with Crippen LogP contribution in [0.5, 0.6) is 17.2 Å². The van der Waals surface area contributed by atoms with E-state index in [9.17, 15) is 4.79 Å². The Morgan fingerprint density at radius 1 is 1.13 bits per heavy atom. The van der Waals surface area contributed by atoms with Crippen molar-refractivity contribution in [3.8, 4) is 17.2 Å². The number of benzene rings is 1. The molecule has 0 bridgehead atoms. The molecule has 1 atom stereocenters. The maximum absolute atomic E-state index is 12.5. The molecule has 1 amide bonds. The molecule has 6 nitrogen and oxygen atoms in total. The number of rotatable bonds is 6. The van der Waals surface area contributed by atoms with E-state index in [-0.39, 0.29) is 11.9 Å². The van der Waals surface area contributed by atoms with Crippen molar-refractivity contribution < 1.29 is 19.0 Å². The number of aromatic nitrogens is 1. The average molecular weight is 316 g/mol. The molecule has 0 saturated carbocycles. The van der Waals surface area contributed by atoms with Crippen LogP contribution in [0.15, 0.2) is 36.7 Å². The van der Waals surface area contributed by atoms with Gasteiger partial charge < -0.3 is 19.5 Å². The van der Waals surface area contributed by atoms with Crippen molar-refractivity contribution in [3.63, 3.8) is 0 Å². The van der Waals surface area contributed by atoms with Crippen LogP contribution in [0.2, 0.25) is 0 Å². The van der Waals surface area contributed by atoms with Crippen molar-refractivity contribution in [2.45, 2.75) is 13.0 Å². The van der Waals surface area contributed by atoms with E-state index in [0.29, 0.717) is 22.8 Å². The number of hydrogen-bond donors (Lipinski definition) is 1. The second-order valence-corrected chi connectivity index (χ2v) is 4.90. The van der Waals surface area contributed by atoms with Crippen molar-refractivity contribution in [1.29, 1.82) is 0 Å². The molecule has 0 aliphatic carbocycles. The van der Waals surface area contributed by atoms with Crippen LogP contribution in [-0.4, -0.2) is 32.2 Å². The fourth-order valence-corrected chi connectivity index (χ4v) is 2.21. The fourth-order valence-electron chi connectivity index (χ4n) is 2.21. The lowest BCUT2D eigenvalue weighted by atomic mass is 10.1. The monoisotopic (exact) mass is 316 g/mol. The Morgan fingerprint density at radius 3 is 2.26 bits per heavy atom. The van der Waals surface area contributed by atoms with Gasteiger partial charge in [0, 0.05) is 18.0 Å². The lowest BCUT2D eigenvalue weighted by Gasteiger charge is -2.16. The van der Waals surface area contributed by atoms with E-state index in [2.05, 4.69) is 10.3 Å². The minimum atomic E-state index is -0.236. The van der Waals surface area contributed by atoms with Crippen molar-refractivity contribution in [2.24, 2.45) is 0 Å². The molecule has 1 heterocycles. The molecule has 0 radical (unpaired) electrons. The molecule has 6 heteroatoms. The molecule has 1 aromatic carbocycles. The second kappa shape index (κ2) is 7.49. The van der Waals surface area contributed by atoms with Gasteiger partial charge in [0.1, 0.15) is 0 Å². The highest BCUT2D eigenvalue weighted by atomic mass is 16.5. The summed E-state index contributed by atoms with van der Waals surface area (Å²) in [6.07, 6.45) is 3.41. The van der Waals surface area contributed by atoms with Crippen molar-refractivity contribution in [3.05, 3.63) is 47.8 Å². The van der Waals surface area contributed by atoms with Gasteiger partial charge in [-0.2, -0.15) is 0 Å². The summed E-state index contributed by atoms with van der Waals surface area (Å²) < 4.78 is 15.8. The van der Waals surface area contributed by atoms with Gasteiger partial charge in [-0.25, -0.2) is 0 Å². The second-order valence-electron chi connectivity index (χ2n) is 4.90. The van der Waals surface area contributed by atoms with Crippen LogP contribution < -0.4 is 19.5 Å². The average Bonchev–Trinajstić information content (AvgIpc) is 2.60. The molecule has 0 aliphatic heterocycles. The standard InChI is InChI=1S/C17H20N2O4/c1-11(12-6-5-7-18-10-12)19-17(20)13-8-14(21-2)16(23-4)15(9-13)22-3/h5-11H,1-4H3,(H,19,20). The van der Waals surface area contributed by atoms with Gasteiger partial charge in [-0.3, -0.25) is 9.78 Å². The number of carbonyl (C=O) groups is 1. The van der Waals surface area contributed by atoms with E-state index < -0.39 is 0 Å². The molecule has 2 aromatic rings. The first-order valence-corrected chi connectivity index (χ1v) is 7.11. The molecule has 0 aliphatic rings. The molecular weight excluding hydrogens is 296 g/mol. The van der Waals surface area contributed by atoms with E-state index in [0.717, 1.165) is 5.56 Å². The molecule has 23 heavy (non-hydrogen) atoms. The molecule has 1 N–H and O–H groups in total. The predicted octanol–water partition coefficient (Wildman–Crippen LogP) is 2.60. The van der Waals surface area contributed by atoms with Gasteiger partial charge in [-0.15, -0.1) is 0 Å². The topological polar surface area (TPSA) is 69.7 Å². The van der Waals surface area contributed by atoms with Crippen LogP contribution in [-0.2, 0) is 0 Å². The minimum Gasteiger partial charge on any atom is -0.493 e. The molecule has 0 spiro atoms. The smallest absolute Gasteiger partial charge is 0.252 e. The molecule has 2 rings (SSSR count). The van der Waals surface area contributed by atoms with Crippen LogP contribution >= 0.6 is 0 Å². The molecule has 122 valence electrons. The summed E-state index contributed by atoms with van der Waals surface area (Å²) in [7, 11) is 4.54. The molecular formula is C17H20N2O4. The van der Waals surface area contributed by atoms with Gasteiger partial charge in [0.2, 0.25) is 5.75 Å². The van der Waals surface area contributed by atoms with Crippen LogP contribution in [0, 0.1) is 0 Å². The van der Waals surface area contributed by atoms with Crippen molar-refractivity contribution >= 4 is 5.91 Å². The lowest BCUT2D eigenvalue weighted by Crippen LogP contribution is -2.26. The number of carbonyl (C=O) groups excluding carboxylic acids is 1. The van der Waals surface area contributed by atoms with E-state index >= 15 is 0 Å². The predicted molar refractivity (Wildman–Crippen MR) is 86.2 cm³/mol. The summed E-state index contributed by atoms with van der Waals surface area (Å²) in [5, 5.41) is 2.92. The van der Waals surface area contributed by atoms with Gasteiger partial charge in [0.25, 0.3) is 5.91 Å². The number of hydrogen-bond acceptors (Lipinski definition) is 5. The Bertz CT molecular complexity index is 649. The van der Waals surface area contributed by atoms with E-state index in [4.69, 9.17) is 14.2 Å². The molecule has 0 saturated heterocycles. The molecule has 1 aromatic heterocycles.